The predicted molar refractivity (Wildman–Crippen MR) is 207 cm³/mol. The number of benzene rings is 10. The maximum atomic E-state index is 2.44. The molecule has 0 amide bonds. The first kappa shape index (κ1) is 25.9. The van der Waals surface area contributed by atoms with Gasteiger partial charge in [0.1, 0.15) is 0 Å². The van der Waals surface area contributed by atoms with Crippen LogP contribution in [0.5, 0.6) is 0 Å². The third kappa shape index (κ3) is 3.55. The molecule has 11 rings (SSSR count). The van der Waals surface area contributed by atoms with Gasteiger partial charge in [-0.25, -0.2) is 0 Å². The molecule has 0 saturated carbocycles. The van der Waals surface area contributed by atoms with Crippen molar-refractivity contribution in [2.75, 3.05) is 0 Å². The number of fused-ring (bicyclic) bond motifs is 12. The lowest BCUT2D eigenvalue weighted by Crippen LogP contribution is -1.89. The van der Waals surface area contributed by atoms with Gasteiger partial charge in [0.2, 0.25) is 0 Å². The van der Waals surface area contributed by atoms with E-state index in [0.29, 0.717) is 0 Å². The fraction of sp³-hybridized carbons (Fsp3) is 0. The highest BCUT2D eigenvalue weighted by molar-refractivity contribution is 6.33. The van der Waals surface area contributed by atoms with Gasteiger partial charge in [-0.1, -0.05) is 140 Å². The molecule has 0 bridgehead atoms. The molecule has 0 heterocycles. The predicted octanol–water partition coefficient (Wildman–Crippen LogP) is 13.6. The Kier molecular flexibility index (Phi) is 5.20. The van der Waals surface area contributed by atoms with Crippen molar-refractivity contribution in [1.29, 1.82) is 0 Å². The Bertz CT molecular complexity index is 3000. The van der Waals surface area contributed by atoms with E-state index in [0.717, 1.165) is 0 Å². The van der Waals surface area contributed by atoms with E-state index in [2.05, 4.69) is 170 Å². The zero-order chi connectivity index (χ0) is 31.3. The SMILES string of the molecule is c1ccc2c(c1)-c1cccc3cc(-c4ccc5cc(-c6cc7c8ccccc8c8ccccc8c7c7ccccc67)ccc5c4)cc-2c13. The summed E-state index contributed by atoms with van der Waals surface area (Å²) in [5.41, 5.74) is 10.4. The van der Waals surface area contributed by atoms with E-state index in [-0.39, 0.29) is 0 Å². The van der Waals surface area contributed by atoms with Crippen molar-refractivity contribution in [3.63, 3.8) is 0 Å². The summed E-state index contributed by atoms with van der Waals surface area (Å²) in [5, 5.41) is 15.6. The Morgan fingerprint density at radius 2 is 0.729 bits per heavy atom. The van der Waals surface area contributed by atoms with Crippen LogP contribution < -0.4 is 0 Å². The van der Waals surface area contributed by atoms with Crippen molar-refractivity contribution in [1.82, 2.24) is 0 Å². The molecule has 0 N–H and O–H groups in total. The van der Waals surface area contributed by atoms with Crippen molar-refractivity contribution in [2.45, 2.75) is 0 Å². The van der Waals surface area contributed by atoms with E-state index in [1.54, 1.807) is 0 Å². The molecule has 10 aromatic carbocycles. The smallest absolute Gasteiger partial charge is 0.00199 e. The van der Waals surface area contributed by atoms with Gasteiger partial charge in [-0.3, -0.25) is 0 Å². The van der Waals surface area contributed by atoms with Gasteiger partial charge < -0.3 is 0 Å². The first-order valence-electron chi connectivity index (χ1n) is 16.8. The fourth-order valence-electron chi connectivity index (χ4n) is 8.58. The van der Waals surface area contributed by atoms with E-state index < -0.39 is 0 Å². The van der Waals surface area contributed by atoms with Crippen LogP contribution >= 0.6 is 0 Å². The van der Waals surface area contributed by atoms with Crippen LogP contribution in [0.15, 0.2) is 170 Å². The highest BCUT2D eigenvalue weighted by Crippen LogP contribution is 2.49. The molecule has 0 radical (unpaired) electrons. The lowest BCUT2D eigenvalue weighted by atomic mass is 9.87. The van der Waals surface area contributed by atoms with Crippen molar-refractivity contribution >= 4 is 64.6 Å². The molecule has 220 valence electrons. The van der Waals surface area contributed by atoms with Gasteiger partial charge in [0.05, 0.1) is 0 Å². The molecule has 0 spiro atoms. The molecule has 0 aliphatic heterocycles. The summed E-state index contributed by atoms with van der Waals surface area (Å²) in [6.07, 6.45) is 0. The van der Waals surface area contributed by atoms with Crippen LogP contribution in [0.3, 0.4) is 0 Å². The molecule has 0 unspecified atom stereocenters. The zero-order valence-corrected chi connectivity index (χ0v) is 26.2. The molecule has 0 nitrogen and oxygen atoms in total. The second-order valence-corrected chi connectivity index (χ2v) is 13.2. The molecule has 0 fully saturated rings. The van der Waals surface area contributed by atoms with Crippen molar-refractivity contribution in [3.8, 4) is 44.5 Å². The maximum absolute atomic E-state index is 2.44. The van der Waals surface area contributed by atoms with Gasteiger partial charge in [0.15, 0.2) is 0 Å². The first-order chi connectivity index (χ1) is 23.8. The summed E-state index contributed by atoms with van der Waals surface area (Å²) in [5.74, 6) is 0. The lowest BCUT2D eigenvalue weighted by molar-refractivity contribution is 1.66. The molecule has 0 aromatic heterocycles. The largest absolute Gasteiger partial charge is 0.0616 e. The molecular formula is C48H28. The second-order valence-electron chi connectivity index (χ2n) is 13.2. The standard InChI is InChI=1S/C48H28/c1-3-14-38-35(11-1)36-12-5-7-17-42(36)48-43-18-8-6-16-40(43)44(28-46(38)48)32-23-22-29-24-31(21-20-30(29)25-32)34-26-33-10-9-19-41-37-13-2-4-15-39(37)45(27-34)47(33)41/h1-28H. The van der Waals surface area contributed by atoms with Crippen molar-refractivity contribution < 1.29 is 0 Å². The molecular weight excluding hydrogens is 577 g/mol. The van der Waals surface area contributed by atoms with E-state index in [1.807, 2.05) is 0 Å². The Morgan fingerprint density at radius 1 is 0.208 bits per heavy atom. The van der Waals surface area contributed by atoms with Crippen molar-refractivity contribution in [2.24, 2.45) is 0 Å². The third-order valence-corrected chi connectivity index (χ3v) is 10.7. The Labute approximate surface area is 278 Å². The lowest BCUT2D eigenvalue weighted by Gasteiger charge is -2.16. The molecule has 1 aliphatic carbocycles. The van der Waals surface area contributed by atoms with Gasteiger partial charge in [0.25, 0.3) is 0 Å². The monoisotopic (exact) mass is 604 g/mol. The van der Waals surface area contributed by atoms with Crippen LogP contribution in [-0.2, 0) is 0 Å². The van der Waals surface area contributed by atoms with Gasteiger partial charge in [-0.2, -0.15) is 0 Å². The zero-order valence-electron chi connectivity index (χ0n) is 26.2. The molecule has 10 aromatic rings. The summed E-state index contributed by atoms with van der Waals surface area (Å²) in [4.78, 5) is 0. The highest BCUT2D eigenvalue weighted by atomic mass is 14.2. The van der Waals surface area contributed by atoms with Crippen LogP contribution in [0.4, 0.5) is 0 Å². The number of hydrogen-bond donors (Lipinski definition) is 0. The normalized spacial score (nSPS) is 12.2. The molecule has 0 heteroatoms. The van der Waals surface area contributed by atoms with E-state index >= 15 is 0 Å². The van der Waals surface area contributed by atoms with Crippen LogP contribution in [-0.4, -0.2) is 0 Å². The first-order valence-corrected chi connectivity index (χ1v) is 16.8. The minimum Gasteiger partial charge on any atom is -0.0616 e. The third-order valence-electron chi connectivity index (χ3n) is 10.7. The topological polar surface area (TPSA) is 0 Å². The van der Waals surface area contributed by atoms with Gasteiger partial charge in [-0.05, 0) is 139 Å². The Morgan fingerprint density at radius 3 is 1.48 bits per heavy atom. The summed E-state index contributed by atoms with van der Waals surface area (Å²) in [6.45, 7) is 0. The fourth-order valence-corrected chi connectivity index (χ4v) is 8.58. The van der Waals surface area contributed by atoms with Crippen molar-refractivity contribution in [3.05, 3.63) is 170 Å². The molecule has 48 heavy (non-hydrogen) atoms. The van der Waals surface area contributed by atoms with E-state index in [4.69, 9.17) is 0 Å². The maximum Gasteiger partial charge on any atom is -0.00199 e. The highest BCUT2D eigenvalue weighted by Gasteiger charge is 2.22. The average molecular weight is 605 g/mol. The summed E-state index contributed by atoms with van der Waals surface area (Å²) < 4.78 is 0. The molecule has 0 saturated heterocycles. The van der Waals surface area contributed by atoms with Crippen LogP contribution in [0.1, 0.15) is 0 Å². The minimum absolute atomic E-state index is 1.24. The second kappa shape index (κ2) is 9.64. The van der Waals surface area contributed by atoms with Gasteiger partial charge in [0, 0.05) is 0 Å². The van der Waals surface area contributed by atoms with Crippen LogP contribution in [0.25, 0.3) is 109 Å². The van der Waals surface area contributed by atoms with Gasteiger partial charge >= 0.3 is 0 Å². The number of rotatable bonds is 2. The van der Waals surface area contributed by atoms with Gasteiger partial charge in [-0.15, -0.1) is 0 Å². The summed E-state index contributed by atoms with van der Waals surface area (Å²) in [7, 11) is 0. The summed E-state index contributed by atoms with van der Waals surface area (Å²) >= 11 is 0. The van der Waals surface area contributed by atoms with Crippen LogP contribution in [0, 0.1) is 0 Å². The molecule has 1 aliphatic rings. The summed E-state index contributed by atoms with van der Waals surface area (Å²) in [6, 6.07) is 63.3. The van der Waals surface area contributed by atoms with E-state index in [9.17, 15) is 0 Å². The van der Waals surface area contributed by atoms with Crippen LogP contribution in [0.2, 0.25) is 0 Å². The van der Waals surface area contributed by atoms with E-state index in [1.165, 1.54) is 109 Å². The minimum atomic E-state index is 1.24. The number of hydrogen-bond acceptors (Lipinski definition) is 0. The Balaban J connectivity index is 1.10. The molecule has 0 atom stereocenters. The Hall–Kier alpha value is -6.24. The quantitative estimate of drug-likeness (QED) is 0.172. The average Bonchev–Trinajstić information content (AvgIpc) is 3.48.